The van der Waals surface area contributed by atoms with Gasteiger partial charge in [0.25, 0.3) is 0 Å². The van der Waals surface area contributed by atoms with Gasteiger partial charge in [0, 0.05) is 18.7 Å². The number of hydrogen-bond donors (Lipinski definition) is 3. The maximum atomic E-state index is 11.9. The molecular formula is C10H15N3O3S. The number of carbonyl (C=O) groups is 1. The minimum atomic E-state index is -3.65. The van der Waals surface area contributed by atoms with Crippen LogP contribution in [0.4, 0.5) is 5.69 Å². The molecule has 0 heterocycles. The number of nitrogens with one attached hydrogen (secondary N) is 1. The zero-order valence-electron chi connectivity index (χ0n) is 9.43. The molecule has 1 amide bonds. The first-order valence-corrected chi connectivity index (χ1v) is 6.45. The third kappa shape index (κ3) is 3.72. The normalized spacial score (nSPS) is 11.4. The van der Waals surface area contributed by atoms with Crippen molar-refractivity contribution in [2.24, 2.45) is 5.73 Å². The largest absolute Gasteiger partial charge is 0.399 e. The lowest BCUT2D eigenvalue weighted by molar-refractivity contribution is -0.117. The van der Waals surface area contributed by atoms with Gasteiger partial charge in [-0.1, -0.05) is 6.07 Å². The highest BCUT2D eigenvalue weighted by Crippen LogP contribution is 2.17. The van der Waals surface area contributed by atoms with Gasteiger partial charge in [0.15, 0.2) is 0 Å². The first kappa shape index (κ1) is 13.5. The Morgan fingerprint density at radius 3 is 2.65 bits per heavy atom. The number of benzene rings is 1. The van der Waals surface area contributed by atoms with Crippen LogP contribution in [-0.2, 0) is 14.8 Å². The second-order valence-electron chi connectivity index (χ2n) is 3.64. The van der Waals surface area contributed by atoms with Crippen molar-refractivity contribution in [2.75, 3.05) is 12.3 Å². The average Bonchev–Trinajstić information content (AvgIpc) is 2.20. The summed E-state index contributed by atoms with van der Waals surface area (Å²) in [6.45, 7) is 1.65. The average molecular weight is 257 g/mol. The number of nitrogens with two attached hydrogens (primary N) is 2. The Kier molecular flexibility index (Phi) is 4.08. The first-order valence-electron chi connectivity index (χ1n) is 4.97. The monoisotopic (exact) mass is 257 g/mol. The number of primary amides is 1. The Bertz CT molecular complexity index is 526. The standard InChI is InChI=1S/C10H15N3O3S/c1-7-2-3-8(11)6-9(7)17(15,16)13-5-4-10(12)14/h2-3,6,13H,4-5,11H2,1H3,(H2,12,14). The van der Waals surface area contributed by atoms with E-state index in [9.17, 15) is 13.2 Å². The number of aryl methyl sites for hydroxylation is 1. The minimum absolute atomic E-state index is 0.0219. The zero-order chi connectivity index (χ0) is 13.1. The van der Waals surface area contributed by atoms with E-state index >= 15 is 0 Å². The van der Waals surface area contributed by atoms with Crippen molar-refractivity contribution < 1.29 is 13.2 Å². The maximum Gasteiger partial charge on any atom is 0.240 e. The molecule has 0 saturated carbocycles. The predicted octanol–water partition coefficient (Wildman–Crippen LogP) is -0.269. The van der Waals surface area contributed by atoms with Gasteiger partial charge in [0.1, 0.15) is 0 Å². The van der Waals surface area contributed by atoms with Crippen LogP contribution in [0.25, 0.3) is 0 Å². The molecule has 0 unspecified atom stereocenters. The topological polar surface area (TPSA) is 115 Å². The summed E-state index contributed by atoms with van der Waals surface area (Å²) in [5.41, 5.74) is 11.4. The van der Waals surface area contributed by atoms with E-state index in [1.807, 2.05) is 0 Å². The summed E-state index contributed by atoms with van der Waals surface area (Å²) in [5, 5.41) is 0. The minimum Gasteiger partial charge on any atom is -0.399 e. The van der Waals surface area contributed by atoms with Gasteiger partial charge in [-0.25, -0.2) is 13.1 Å². The Labute approximate surface area is 100 Å². The number of anilines is 1. The summed E-state index contributed by atoms with van der Waals surface area (Å²) in [4.78, 5) is 10.6. The number of amides is 1. The van der Waals surface area contributed by atoms with Crippen molar-refractivity contribution in [2.45, 2.75) is 18.2 Å². The molecule has 1 aromatic rings. The third-order valence-electron chi connectivity index (χ3n) is 2.17. The van der Waals surface area contributed by atoms with Gasteiger partial charge in [0.05, 0.1) is 4.90 Å². The van der Waals surface area contributed by atoms with Crippen LogP contribution in [0.15, 0.2) is 23.1 Å². The molecular weight excluding hydrogens is 242 g/mol. The van der Waals surface area contributed by atoms with Crippen molar-refractivity contribution in [3.63, 3.8) is 0 Å². The van der Waals surface area contributed by atoms with E-state index in [1.54, 1.807) is 19.1 Å². The number of sulfonamides is 1. The van der Waals surface area contributed by atoms with Crippen LogP contribution < -0.4 is 16.2 Å². The number of rotatable bonds is 5. The molecule has 0 aliphatic rings. The first-order chi connectivity index (χ1) is 7.83. The molecule has 1 aromatic carbocycles. The summed E-state index contributed by atoms with van der Waals surface area (Å²) in [6.07, 6.45) is -0.0411. The molecule has 94 valence electrons. The molecule has 5 N–H and O–H groups in total. The van der Waals surface area contributed by atoms with E-state index in [0.29, 0.717) is 11.3 Å². The Morgan fingerprint density at radius 2 is 2.06 bits per heavy atom. The summed E-state index contributed by atoms with van der Waals surface area (Å²) >= 11 is 0. The molecule has 0 bridgehead atoms. The van der Waals surface area contributed by atoms with Crippen LogP contribution in [0.2, 0.25) is 0 Å². The van der Waals surface area contributed by atoms with Crippen molar-refractivity contribution in [1.82, 2.24) is 4.72 Å². The highest BCUT2D eigenvalue weighted by molar-refractivity contribution is 7.89. The smallest absolute Gasteiger partial charge is 0.240 e. The second-order valence-corrected chi connectivity index (χ2v) is 5.37. The summed E-state index contributed by atoms with van der Waals surface area (Å²) in [7, 11) is -3.65. The van der Waals surface area contributed by atoms with E-state index in [1.165, 1.54) is 6.07 Å². The quantitative estimate of drug-likeness (QED) is 0.630. The lowest BCUT2D eigenvalue weighted by Crippen LogP contribution is -2.28. The SMILES string of the molecule is Cc1ccc(N)cc1S(=O)(=O)NCCC(N)=O. The van der Waals surface area contributed by atoms with Gasteiger partial charge in [-0.2, -0.15) is 0 Å². The second kappa shape index (κ2) is 5.15. The number of carbonyl (C=O) groups excluding carboxylic acids is 1. The van der Waals surface area contributed by atoms with Gasteiger partial charge >= 0.3 is 0 Å². The fourth-order valence-electron chi connectivity index (χ4n) is 1.29. The van der Waals surface area contributed by atoms with E-state index in [0.717, 1.165) is 0 Å². The van der Waals surface area contributed by atoms with Crippen LogP contribution >= 0.6 is 0 Å². The molecule has 0 spiro atoms. The lowest BCUT2D eigenvalue weighted by Gasteiger charge is -2.09. The maximum absolute atomic E-state index is 11.9. The van der Waals surface area contributed by atoms with E-state index < -0.39 is 15.9 Å². The van der Waals surface area contributed by atoms with Crippen molar-refractivity contribution in [1.29, 1.82) is 0 Å². The molecule has 0 fully saturated rings. The van der Waals surface area contributed by atoms with Crippen LogP contribution in [0.3, 0.4) is 0 Å². The summed E-state index contributed by atoms with van der Waals surface area (Å²) in [6, 6.07) is 4.62. The Morgan fingerprint density at radius 1 is 1.41 bits per heavy atom. The van der Waals surface area contributed by atoms with Gasteiger partial charge < -0.3 is 11.5 Å². The fourth-order valence-corrected chi connectivity index (χ4v) is 2.60. The van der Waals surface area contributed by atoms with Crippen LogP contribution in [0.1, 0.15) is 12.0 Å². The zero-order valence-corrected chi connectivity index (χ0v) is 10.3. The molecule has 1 rings (SSSR count). The van der Waals surface area contributed by atoms with E-state index in [2.05, 4.69) is 4.72 Å². The fraction of sp³-hybridized carbons (Fsp3) is 0.300. The van der Waals surface area contributed by atoms with Crippen molar-refractivity contribution in [3.05, 3.63) is 23.8 Å². The van der Waals surface area contributed by atoms with Gasteiger partial charge in [0.2, 0.25) is 15.9 Å². The Balaban J connectivity index is 2.89. The highest BCUT2D eigenvalue weighted by atomic mass is 32.2. The van der Waals surface area contributed by atoms with Crippen LogP contribution in [0.5, 0.6) is 0 Å². The van der Waals surface area contributed by atoms with Crippen LogP contribution in [-0.4, -0.2) is 20.9 Å². The van der Waals surface area contributed by atoms with Crippen LogP contribution in [0, 0.1) is 6.92 Å². The van der Waals surface area contributed by atoms with Crippen molar-refractivity contribution >= 4 is 21.6 Å². The van der Waals surface area contributed by atoms with Gasteiger partial charge in [-0.15, -0.1) is 0 Å². The Hall–Kier alpha value is -1.60. The van der Waals surface area contributed by atoms with E-state index in [4.69, 9.17) is 11.5 Å². The highest BCUT2D eigenvalue weighted by Gasteiger charge is 2.16. The molecule has 0 atom stereocenters. The number of hydrogen-bond acceptors (Lipinski definition) is 4. The molecule has 0 aliphatic heterocycles. The molecule has 0 aromatic heterocycles. The molecule has 0 aliphatic carbocycles. The van der Waals surface area contributed by atoms with Crippen molar-refractivity contribution in [3.8, 4) is 0 Å². The molecule has 17 heavy (non-hydrogen) atoms. The lowest BCUT2D eigenvalue weighted by atomic mass is 10.2. The third-order valence-corrected chi connectivity index (χ3v) is 3.77. The molecule has 0 radical (unpaired) electrons. The van der Waals surface area contributed by atoms with E-state index in [-0.39, 0.29) is 17.9 Å². The molecule has 6 nitrogen and oxygen atoms in total. The number of nitrogen functional groups attached to an aromatic ring is 1. The molecule has 0 saturated heterocycles. The predicted molar refractivity (Wildman–Crippen MR) is 64.6 cm³/mol. The summed E-state index contributed by atoms with van der Waals surface area (Å²) in [5.74, 6) is -0.558. The summed E-state index contributed by atoms with van der Waals surface area (Å²) < 4.78 is 26.0. The van der Waals surface area contributed by atoms with Gasteiger partial charge in [-0.05, 0) is 24.6 Å². The van der Waals surface area contributed by atoms with Gasteiger partial charge in [-0.3, -0.25) is 4.79 Å². The molecule has 7 heteroatoms.